The van der Waals surface area contributed by atoms with Gasteiger partial charge in [-0.2, -0.15) is 0 Å². The summed E-state index contributed by atoms with van der Waals surface area (Å²) in [4.78, 5) is 24.7. The van der Waals surface area contributed by atoms with Crippen LogP contribution in [0.15, 0.2) is 72.6 Å². The Labute approximate surface area is 246 Å². The van der Waals surface area contributed by atoms with Crippen LogP contribution in [0.5, 0.6) is 11.5 Å². The number of benzene rings is 2. The van der Waals surface area contributed by atoms with Gasteiger partial charge in [-0.3, -0.25) is 9.69 Å². The van der Waals surface area contributed by atoms with E-state index in [1.807, 2.05) is 42.6 Å². The number of anilines is 1. The molecule has 0 unspecified atom stereocenters. The second-order valence-electron chi connectivity index (χ2n) is 11.9. The number of hydrogen-bond acceptors (Lipinski definition) is 5. The molecule has 3 N–H and O–H groups in total. The summed E-state index contributed by atoms with van der Waals surface area (Å²) >= 11 is 6.20. The fraction of sp³-hybridized carbons (Fsp3) is 0.333. The van der Waals surface area contributed by atoms with Gasteiger partial charge in [0, 0.05) is 49.3 Å². The number of para-hydroxylation sites is 1. The van der Waals surface area contributed by atoms with Gasteiger partial charge in [-0.05, 0) is 72.2 Å². The Balaban J connectivity index is 1.21. The van der Waals surface area contributed by atoms with Crippen LogP contribution in [0, 0.1) is 5.41 Å². The lowest BCUT2D eigenvalue weighted by Gasteiger charge is -2.39. The number of H-pyrrole nitrogens is 1. The zero-order chi connectivity index (χ0) is 28.6. The molecule has 2 aliphatic rings. The minimum atomic E-state index is -0.516. The number of piperazine rings is 1. The Morgan fingerprint density at radius 2 is 1.88 bits per heavy atom. The number of carbonyl (C=O) groups is 1. The number of pyridine rings is 1. The van der Waals surface area contributed by atoms with Gasteiger partial charge in [-0.25, -0.2) is 4.98 Å². The number of primary amides is 1. The number of rotatable bonds is 7. The number of halogens is 1. The largest absolute Gasteiger partial charge is 0.453 e. The summed E-state index contributed by atoms with van der Waals surface area (Å²) in [6, 6.07) is 17.8. The molecule has 1 aliphatic heterocycles. The molecule has 7 nitrogen and oxygen atoms in total. The van der Waals surface area contributed by atoms with E-state index in [1.165, 1.54) is 23.1 Å². The summed E-state index contributed by atoms with van der Waals surface area (Å²) in [6.07, 6.45) is 6.89. The summed E-state index contributed by atoms with van der Waals surface area (Å²) in [5, 5.41) is 1.71. The standard InChI is InChI=1S/C33H36ClN5O2/c1-33(2)12-10-24(28(19-33)22-6-8-25(34)9-7-22)21-38-14-16-39(17-15-38)29-5-3-4-27(31(35)40)30(29)41-26-18-23-11-13-36-32(23)37-20-26/h3-9,11,13,18,20H,10,12,14-17,19,21H2,1-2H3,(H2,35,40)(H,36,37). The number of nitrogens with two attached hydrogens (primary N) is 1. The molecule has 0 spiro atoms. The first-order chi connectivity index (χ1) is 19.8. The van der Waals surface area contributed by atoms with Crippen molar-refractivity contribution < 1.29 is 9.53 Å². The van der Waals surface area contributed by atoms with Crippen LogP contribution in [0.3, 0.4) is 0 Å². The Bertz CT molecular complexity index is 1600. The van der Waals surface area contributed by atoms with Crippen LogP contribution in [-0.2, 0) is 0 Å². The molecule has 0 atom stereocenters. The molecule has 4 aromatic rings. The van der Waals surface area contributed by atoms with Crippen LogP contribution < -0.4 is 15.4 Å². The maximum Gasteiger partial charge on any atom is 0.252 e. The number of carbonyl (C=O) groups excluding carboxylic acids is 1. The van der Waals surface area contributed by atoms with E-state index in [9.17, 15) is 4.79 Å². The van der Waals surface area contributed by atoms with Gasteiger partial charge >= 0.3 is 0 Å². The predicted molar refractivity (Wildman–Crippen MR) is 166 cm³/mol. The minimum absolute atomic E-state index is 0.292. The molecule has 1 amide bonds. The van der Waals surface area contributed by atoms with E-state index in [2.05, 4.69) is 45.7 Å². The number of nitrogens with one attached hydrogen (secondary N) is 1. The second kappa shape index (κ2) is 11.2. The Kier molecular flexibility index (Phi) is 7.49. The number of aromatic nitrogens is 2. The molecule has 1 fully saturated rings. The number of ether oxygens (including phenoxy) is 1. The van der Waals surface area contributed by atoms with Gasteiger partial charge < -0.3 is 20.4 Å². The van der Waals surface area contributed by atoms with Crippen molar-refractivity contribution in [3.63, 3.8) is 0 Å². The van der Waals surface area contributed by atoms with Crippen molar-refractivity contribution in [3.05, 3.63) is 88.7 Å². The second-order valence-corrected chi connectivity index (χ2v) is 12.3. The molecule has 2 aromatic heterocycles. The average Bonchev–Trinajstić information content (AvgIpc) is 3.43. The smallest absolute Gasteiger partial charge is 0.252 e. The van der Waals surface area contributed by atoms with Crippen LogP contribution >= 0.6 is 11.6 Å². The quantitative estimate of drug-likeness (QED) is 0.253. The Morgan fingerprint density at radius 3 is 2.63 bits per heavy atom. The first-order valence-electron chi connectivity index (χ1n) is 14.2. The Morgan fingerprint density at radius 1 is 1.10 bits per heavy atom. The van der Waals surface area contributed by atoms with Gasteiger partial charge in [0.25, 0.3) is 5.91 Å². The highest BCUT2D eigenvalue weighted by atomic mass is 35.5. The molecule has 3 heterocycles. The van der Waals surface area contributed by atoms with E-state index >= 15 is 0 Å². The zero-order valence-electron chi connectivity index (χ0n) is 23.6. The fourth-order valence-electron chi connectivity index (χ4n) is 6.05. The monoisotopic (exact) mass is 569 g/mol. The molecule has 212 valence electrons. The predicted octanol–water partition coefficient (Wildman–Crippen LogP) is 6.89. The van der Waals surface area contributed by atoms with Crippen molar-refractivity contribution >= 4 is 39.8 Å². The van der Waals surface area contributed by atoms with Crippen molar-refractivity contribution in [1.29, 1.82) is 0 Å². The molecular weight excluding hydrogens is 534 g/mol. The molecule has 2 aromatic carbocycles. The number of fused-ring (bicyclic) bond motifs is 1. The summed E-state index contributed by atoms with van der Waals surface area (Å²) in [7, 11) is 0. The first kappa shape index (κ1) is 27.4. The van der Waals surface area contributed by atoms with E-state index in [0.29, 0.717) is 22.5 Å². The normalized spacial score (nSPS) is 17.7. The van der Waals surface area contributed by atoms with E-state index in [4.69, 9.17) is 22.1 Å². The first-order valence-corrected chi connectivity index (χ1v) is 14.6. The zero-order valence-corrected chi connectivity index (χ0v) is 24.4. The molecule has 1 aliphatic carbocycles. The summed E-state index contributed by atoms with van der Waals surface area (Å²) in [6.45, 7) is 9.17. The number of aromatic amines is 1. The molecule has 41 heavy (non-hydrogen) atoms. The third-order valence-corrected chi connectivity index (χ3v) is 8.61. The number of allylic oxidation sites excluding steroid dienone is 1. The van der Waals surface area contributed by atoms with Crippen LogP contribution in [0.4, 0.5) is 5.69 Å². The Hall–Kier alpha value is -3.81. The SMILES string of the molecule is CC1(C)CCC(CN2CCN(c3cccc(C(N)=O)c3Oc3cnc4[nH]ccc4c3)CC2)=C(c2ccc(Cl)cc2)C1. The van der Waals surface area contributed by atoms with Crippen molar-refractivity contribution in [2.45, 2.75) is 33.1 Å². The highest BCUT2D eigenvalue weighted by Gasteiger charge is 2.30. The molecule has 8 heteroatoms. The topological polar surface area (TPSA) is 87.5 Å². The molecule has 0 saturated carbocycles. The molecule has 1 saturated heterocycles. The van der Waals surface area contributed by atoms with Crippen LogP contribution in [-0.4, -0.2) is 53.5 Å². The maximum absolute atomic E-state index is 12.4. The van der Waals surface area contributed by atoms with Crippen molar-refractivity contribution in [2.75, 3.05) is 37.6 Å². The van der Waals surface area contributed by atoms with E-state index in [0.717, 1.165) is 67.3 Å². The van der Waals surface area contributed by atoms with Gasteiger partial charge in [0.2, 0.25) is 0 Å². The van der Waals surface area contributed by atoms with Gasteiger partial charge in [0.05, 0.1) is 17.4 Å². The van der Waals surface area contributed by atoms with Crippen molar-refractivity contribution in [2.24, 2.45) is 11.1 Å². The van der Waals surface area contributed by atoms with Gasteiger partial charge in [-0.15, -0.1) is 0 Å². The van der Waals surface area contributed by atoms with E-state index in [1.54, 1.807) is 12.3 Å². The summed E-state index contributed by atoms with van der Waals surface area (Å²) in [5.74, 6) is 0.526. The number of hydrogen-bond donors (Lipinski definition) is 2. The van der Waals surface area contributed by atoms with Crippen molar-refractivity contribution in [3.8, 4) is 11.5 Å². The van der Waals surface area contributed by atoms with Gasteiger partial charge in [-0.1, -0.05) is 49.2 Å². The molecule has 0 radical (unpaired) electrons. The average molecular weight is 570 g/mol. The lowest BCUT2D eigenvalue weighted by atomic mass is 9.72. The summed E-state index contributed by atoms with van der Waals surface area (Å²) < 4.78 is 6.32. The third-order valence-electron chi connectivity index (χ3n) is 8.36. The molecular formula is C33H36ClN5O2. The number of nitrogens with zero attached hydrogens (tertiary/aromatic N) is 3. The van der Waals surface area contributed by atoms with Gasteiger partial charge in [0.15, 0.2) is 5.75 Å². The van der Waals surface area contributed by atoms with E-state index < -0.39 is 5.91 Å². The van der Waals surface area contributed by atoms with Crippen LogP contribution in [0.25, 0.3) is 16.6 Å². The lowest BCUT2D eigenvalue weighted by molar-refractivity contribution is 0.0998. The highest BCUT2D eigenvalue weighted by molar-refractivity contribution is 6.30. The summed E-state index contributed by atoms with van der Waals surface area (Å²) in [5.41, 5.74) is 12.4. The molecule has 0 bridgehead atoms. The highest BCUT2D eigenvalue weighted by Crippen LogP contribution is 2.43. The van der Waals surface area contributed by atoms with E-state index in [-0.39, 0.29) is 0 Å². The molecule has 6 rings (SSSR count). The fourth-order valence-corrected chi connectivity index (χ4v) is 6.18. The number of amides is 1. The third kappa shape index (κ3) is 5.97. The van der Waals surface area contributed by atoms with Crippen LogP contribution in [0.1, 0.15) is 49.0 Å². The van der Waals surface area contributed by atoms with Gasteiger partial charge in [0.1, 0.15) is 11.4 Å². The van der Waals surface area contributed by atoms with Crippen LogP contribution in [0.2, 0.25) is 5.02 Å². The minimum Gasteiger partial charge on any atom is -0.453 e. The lowest BCUT2D eigenvalue weighted by Crippen LogP contribution is -2.47. The van der Waals surface area contributed by atoms with Crippen molar-refractivity contribution in [1.82, 2.24) is 14.9 Å². The maximum atomic E-state index is 12.4.